The highest BCUT2D eigenvalue weighted by Crippen LogP contribution is 2.08. The van der Waals surface area contributed by atoms with Gasteiger partial charge in [0.15, 0.2) is 0 Å². The maximum atomic E-state index is 10.5. The van der Waals surface area contributed by atoms with Gasteiger partial charge in [0.1, 0.15) is 18.5 Å². The lowest BCUT2D eigenvalue weighted by Crippen LogP contribution is -2.32. The van der Waals surface area contributed by atoms with Crippen molar-refractivity contribution in [2.75, 3.05) is 19.7 Å². The lowest BCUT2D eigenvalue weighted by atomic mass is 10.2. The predicted molar refractivity (Wildman–Crippen MR) is 73.9 cm³/mol. The molecular formula is C14H22N2O3. The van der Waals surface area contributed by atoms with Crippen LogP contribution in [0.15, 0.2) is 30.3 Å². The highest BCUT2D eigenvalue weighted by molar-refractivity contribution is 5.73. The first-order valence-corrected chi connectivity index (χ1v) is 6.53. The van der Waals surface area contributed by atoms with Crippen LogP contribution in [0.4, 0.5) is 0 Å². The number of aliphatic hydroxyl groups excluding tert-OH is 1. The summed E-state index contributed by atoms with van der Waals surface area (Å²) < 4.78 is 5.43. The minimum atomic E-state index is -0.545. The van der Waals surface area contributed by atoms with Gasteiger partial charge in [-0.05, 0) is 31.5 Å². The SMILES string of the molecule is NC(=O)CCCCNCC(O)COc1ccccc1. The number of nitrogens with two attached hydrogens (primary N) is 1. The standard InChI is InChI=1S/C14H22N2O3/c15-14(18)8-4-5-9-16-10-12(17)11-19-13-6-2-1-3-7-13/h1-3,6-7,12,16-17H,4-5,8-11H2,(H2,15,18). The third-order valence-electron chi connectivity index (χ3n) is 2.59. The molecule has 1 aromatic carbocycles. The molecule has 5 heteroatoms. The molecule has 1 aromatic rings. The number of unbranched alkanes of at least 4 members (excludes halogenated alkanes) is 1. The van der Waals surface area contributed by atoms with E-state index in [2.05, 4.69) is 5.32 Å². The number of carbonyl (C=O) groups is 1. The maximum absolute atomic E-state index is 10.5. The summed E-state index contributed by atoms with van der Waals surface area (Å²) in [6, 6.07) is 9.39. The van der Waals surface area contributed by atoms with Crippen LogP contribution in [-0.2, 0) is 4.79 Å². The molecule has 0 bridgehead atoms. The zero-order valence-corrected chi connectivity index (χ0v) is 11.0. The molecule has 0 aromatic heterocycles. The zero-order valence-electron chi connectivity index (χ0n) is 11.0. The number of primary amides is 1. The fourth-order valence-electron chi connectivity index (χ4n) is 1.59. The first-order chi connectivity index (χ1) is 9.18. The van der Waals surface area contributed by atoms with Crippen LogP contribution in [0.5, 0.6) is 5.75 Å². The second-order valence-electron chi connectivity index (χ2n) is 4.41. The summed E-state index contributed by atoms with van der Waals surface area (Å²) in [7, 11) is 0. The van der Waals surface area contributed by atoms with E-state index in [1.54, 1.807) is 0 Å². The topological polar surface area (TPSA) is 84.6 Å². The number of para-hydroxylation sites is 1. The summed E-state index contributed by atoms with van der Waals surface area (Å²) >= 11 is 0. The Labute approximate surface area is 113 Å². The van der Waals surface area contributed by atoms with Crippen LogP contribution in [0, 0.1) is 0 Å². The summed E-state index contributed by atoms with van der Waals surface area (Å²) in [6.45, 7) is 1.50. The maximum Gasteiger partial charge on any atom is 0.217 e. The molecule has 1 unspecified atom stereocenters. The van der Waals surface area contributed by atoms with Crippen molar-refractivity contribution in [3.8, 4) is 5.75 Å². The Morgan fingerprint density at radius 3 is 2.74 bits per heavy atom. The van der Waals surface area contributed by atoms with Gasteiger partial charge in [-0.15, -0.1) is 0 Å². The monoisotopic (exact) mass is 266 g/mol. The van der Waals surface area contributed by atoms with E-state index in [1.807, 2.05) is 30.3 Å². The van der Waals surface area contributed by atoms with Crippen LogP contribution in [0.25, 0.3) is 0 Å². The van der Waals surface area contributed by atoms with Crippen LogP contribution in [0.1, 0.15) is 19.3 Å². The molecule has 4 N–H and O–H groups in total. The number of hydrogen-bond donors (Lipinski definition) is 3. The number of aliphatic hydroxyl groups is 1. The summed E-state index contributed by atoms with van der Waals surface area (Å²) in [4.78, 5) is 10.5. The third-order valence-corrected chi connectivity index (χ3v) is 2.59. The largest absolute Gasteiger partial charge is 0.491 e. The fourth-order valence-corrected chi connectivity index (χ4v) is 1.59. The highest BCUT2D eigenvalue weighted by atomic mass is 16.5. The molecule has 0 aliphatic carbocycles. The molecule has 0 spiro atoms. The van der Waals surface area contributed by atoms with Crippen LogP contribution in [-0.4, -0.2) is 36.8 Å². The predicted octanol–water partition coefficient (Wildman–Crippen LogP) is 0.672. The number of carbonyl (C=O) groups excluding carboxylic acids is 1. The Bertz CT molecular complexity index is 357. The van der Waals surface area contributed by atoms with Gasteiger partial charge in [0.2, 0.25) is 5.91 Å². The van der Waals surface area contributed by atoms with Gasteiger partial charge in [0.05, 0.1) is 0 Å². The molecule has 0 saturated carbocycles. The van der Waals surface area contributed by atoms with Crippen LogP contribution < -0.4 is 15.8 Å². The second kappa shape index (κ2) is 9.35. The van der Waals surface area contributed by atoms with Crippen LogP contribution >= 0.6 is 0 Å². The Kier molecular flexibility index (Phi) is 7.62. The molecule has 0 heterocycles. The Morgan fingerprint density at radius 1 is 1.32 bits per heavy atom. The lowest BCUT2D eigenvalue weighted by molar-refractivity contribution is -0.118. The lowest BCUT2D eigenvalue weighted by Gasteiger charge is -2.13. The van der Waals surface area contributed by atoms with E-state index in [1.165, 1.54) is 0 Å². The van der Waals surface area contributed by atoms with E-state index in [4.69, 9.17) is 10.5 Å². The van der Waals surface area contributed by atoms with E-state index in [9.17, 15) is 9.90 Å². The molecule has 0 aliphatic rings. The number of benzene rings is 1. The van der Waals surface area contributed by atoms with Gasteiger partial charge in [-0.2, -0.15) is 0 Å². The molecule has 1 amide bonds. The number of amides is 1. The van der Waals surface area contributed by atoms with Gasteiger partial charge < -0.3 is 20.9 Å². The normalized spacial score (nSPS) is 12.1. The molecule has 19 heavy (non-hydrogen) atoms. The Hall–Kier alpha value is -1.59. The van der Waals surface area contributed by atoms with Gasteiger partial charge in [-0.3, -0.25) is 4.79 Å². The minimum absolute atomic E-state index is 0.262. The first kappa shape index (κ1) is 15.5. The summed E-state index contributed by atoms with van der Waals surface area (Å²) in [6.07, 6.45) is 1.52. The Balaban J connectivity index is 1.99. The van der Waals surface area contributed by atoms with Crippen molar-refractivity contribution < 1.29 is 14.6 Å². The smallest absolute Gasteiger partial charge is 0.217 e. The number of hydrogen-bond acceptors (Lipinski definition) is 4. The van der Waals surface area contributed by atoms with Crippen molar-refractivity contribution in [3.05, 3.63) is 30.3 Å². The van der Waals surface area contributed by atoms with E-state index >= 15 is 0 Å². The van der Waals surface area contributed by atoms with Crippen molar-refractivity contribution >= 4 is 5.91 Å². The quantitative estimate of drug-likeness (QED) is 0.543. The summed E-state index contributed by atoms with van der Waals surface area (Å²) in [5, 5.41) is 12.8. The van der Waals surface area contributed by atoms with Crippen LogP contribution in [0.2, 0.25) is 0 Å². The molecule has 0 fully saturated rings. The third kappa shape index (κ3) is 8.18. The van der Waals surface area contributed by atoms with Crippen molar-refractivity contribution in [1.29, 1.82) is 0 Å². The van der Waals surface area contributed by atoms with Crippen LogP contribution in [0.3, 0.4) is 0 Å². The van der Waals surface area contributed by atoms with Crippen molar-refractivity contribution in [3.63, 3.8) is 0 Å². The molecular weight excluding hydrogens is 244 g/mol. The van der Waals surface area contributed by atoms with Crippen molar-refractivity contribution in [2.24, 2.45) is 5.73 Å². The molecule has 0 saturated heterocycles. The van der Waals surface area contributed by atoms with E-state index in [-0.39, 0.29) is 12.5 Å². The van der Waals surface area contributed by atoms with Gasteiger partial charge in [0, 0.05) is 13.0 Å². The van der Waals surface area contributed by atoms with Gasteiger partial charge in [-0.25, -0.2) is 0 Å². The Morgan fingerprint density at radius 2 is 2.05 bits per heavy atom. The first-order valence-electron chi connectivity index (χ1n) is 6.53. The van der Waals surface area contributed by atoms with E-state index < -0.39 is 6.10 Å². The average molecular weight is 266 g/mol. The number of rotatable bonds is 10. The highest BCUT2D eigenvalue weighted by Gasteiger charge is 2.04. The molecule has 1 rings (SSSR count). The molecule has 5 nitrogen and oxygen atoms in total. The molecule has 0 aliphatic heterocycles. The number of ether oxygens (including phenoxy) is 1. The van der Waals surface area contributed by atoms with Crippen molar-refractivity contribution in [2.45, 2.75) is 25.4 Å². The zero-order chi connectivity index (χ0) is 13.9. The second-order valence-corrected chi connectivity index (χ2v) is 4.41. The molecule has 106 valence electrons. The van der Waals surface area contributed by atoms with Gasteiger partial charge in [0.25, 0.3) is 0 Å². The van der Waals surface area contributed by atoms with Crippen molar-refractivity contribution in [1.82, 2.24) is 5.32 Å². The summed E-state index contributed by atoms with van der Waals surface area (Å²) in [5.74, 6) is 0.485. The van der Waals surface area contributed by atoms with Gasteiger partial charge >= 0.3 is 0 Å². The average Bonchev–Trinajstić information content (AvgIpc) is 2.41. The van der Waals surface area contributed by atoms with E-state index in [0.717, 1.165) is 25.1 Å². The van der Waals surface area contributed by atoms with E-state index in [0.29, 0.717) is 13.0 Å². The minimum Gasteiger partial charge on any atom is -0.491 e. The number of nitrogens with one attached hydrogen (secondary N) is 1. The molecule has 1 atom stereocenters. The molecule has 0 radical (unpaired) electrons. The summed E-state index contributed by atoms with van der Waals surface area (Å²) in [5.41, 5.74) is 5.03. The van der Waals surface area contributed by atoms with Gasteiger partial charge in [-0.1, -0.05) is 18.2 Å². The fraction of sp³-hybridized carbons (Fsp3) is 0.500.